The second-order valence-corrected chi connectivity index (χ2v) is 6.40. The molecule has 0 fully saturated rings. The maximum atomic E-state index is 5.24. The average Bonchev–Trinajstić information content (AvgIpc) is 2.77. The molecule has 0 bridgehead atoms. The lowest BCUT2D eigenvalue weighted by Crippen LogP contribution is -2.15. The van der Waals surface area contributed by atoms with Crippen LogP contribution >= 0.6 is 11.3 Å². The van der Waals surface area contributed by atoms with Gasteiger partial charge in [-0.05, 0) is 43.9 Å². The summed E-state index contributed by atoms with van der Waals surface area (Å²) in [5.41, 5.74) is 1.03. The first-order valence-corrected chi connectivity index (χ1v) is 7.61. The molecule has 0 radical (unpaired) electrons. The summed E-state index contributed by atoms with van der Waals surface area (Å²) in [6, 6.07) is 6.46. The average molecular weight is 278 g/mol. The Kier molecular flexibility index (Phi) is 4.64. The van der Waals surface area contributed by atoms with Crippen molar-refractivity contribution < 1.29 is 4.74 Å². The van der Waals surface area contributed by atoms with E-state index in [1.807, 2.05) is 18.2 Å². The van der Waals surface area contributed by atoms with Crippen molar-refractivity contribution in [2.24, 2.45) is 5.92 Å². The van der Waals surface area contributed by atoms with Gasteiger partial charge < -0.3 is 10.1 Å². The number of hydrogen-bond donors (Lipinski definition) is 1. The van der Waals surface area contributed by atoms with Gasteiger partial charge in [0.25, 0.3) is 0 Å². The first-order valence-electron chi connectivity index (χ1n) is 6.79. The van der Waals surface area contributed by atoms with Crippen LogP contribution in [0.1, 0.15) is 33.6 Å². The van der Waals surface area contributed by atoms with Gasteiger partial charge in [0, 0.05) is 6.04 Å². The van der Waals surface area contributed by atoms with Crippen LogP contribution in [0.2, 0.25) is 0 Å². The summed E-state index contributed by atoms with van der Waals surface area (Å²) in [5.74, 6) is 1.64. The molecular formula is C15H22N2OS. The number of benzene rings is 1. The number of nitrogens with one attached hydrogen (secondary N) is 1. The van der Waals surface area contributed by atoms with Crippen LogP contribution in [0.5, 0.6) is 5.75 Å². The number of rotatable bonds is 6. The van der Waals surface area contributed by atoms with Crippen LogP contribution in [0, 0.1) is 5.92 Å². The standard InChI is InChI=1S/C15H22N2OS/c1-10(2)5-6-11(3)16-15-17-13-8-7-12(18-4)9-14(13)19-15/h7-11H,5-6H2,1-4H3,(H,16,17). The maximum absolute atomic E-state index is 5.24. The van der Waals surface area contributed by atoms with Crippen LogP contribution in [0.25, 0.3) is 10.2 Å². The molecule has 0 spiro atoms. The highest BCUT2D eigenvalue weighted by molar-refractivity contribution is 7.22. The third kappa shape index (κ3) is 3.83. The van der Waals surface area contributed by atoms with E-state index in [4.69, 9.17) is 4.74 Å². The second kappa shape index (κ2) is 6.24. The van der Waals surface area contributed by atoms with E-state index in [0.29, 0.717) is 6.04 Å². The fourth-order valence-corrected chi connectivity index (χ4v) is 2.97. The van der Waals surface area contributed by atoms with Gasteiger partial charge in [0.2, 0.25) is 0 Å². The monoisotopic (exact) mass is 278 g/mol. The summed E-state index contributed by atoms with van der Waals surface area (Å²) in [7, 11) is 1.69. The van der Waals surface area contributed by atoms with Gasteiger partial charge in [-0.25, -0.2) is 4.98 Å². The molecule has 1 unspecified atom stereocenters. The number of methoxy groups -OCH3 is 1. The van der Waals surface area contributed by atoms with E-state index < -0.39 is 0 Å². The molecule has 1 aromatic heterocycles. The fraction of sp³-hybridized carbons (Fsp3) is 0.533. The molecule has 0 saturated heterocycles. The zero-order valence-electron chi connectivity index (χ0n) is 12.1. The van der Waals surface area contributed by atoms with Crippen LogP contribution < -0.4 is 10.1 Å². The quantitative estimate of drug-likeness (QED) is 0.842. The Labute approximate surface area is 119 Å². The molecule has 1 heterocycles. The number of nitrogens with zero attached hydrogens (tertiary/aromatic N) is 1. The normalized spacial score (nSPS) is 12.9. The lowest BCUT2D eigenvalue weighted by atomic mass is 10.0. The fourth-order valence-electron chi connectivity index (χ4n) is 1.96. The highest BCUT2D eigenvalue weighted by Crippen LogP contribution is 2.29. The Morgan fingerprint density at radius 2 is 2.05 bits per heavy atom. The number of thiazole rings is 1. The van der Waals surface area contributed by atoms with Crippen molar-refractivity contribution in [2.75, 3.05) is 12.4 Å². The molecule has 1 aromatic carbocycles. The van der Waals surface area contributed by atoms with Crippen LogP contribution in [0.4, 0.5) is 5.13 Å². The lowest BCUT2D eigenvalue weighted by Gasteiger charge is -2.13. The molecule has 1 N–H and O–H groups in total. The Morgan fingerprint density at radius 3 is 2.74 bits per heavy atom. The van der Waals surface area contributed by atoms with Crippen molar-refractivity contribution in [1.29, 1.82) is 0 Å². The van der Waals surface area contributed by atoms with Crippen LogP contribution in [0.15, 0.2) is 18.2 Å². The minimum atomic E-state index is 0.463. The molecule has 2 aromatic rings. The van der Waals surface area contributed by atoms with Crippen molar-refractivity contribution >= 4 is 26.7 Å². The Balaban J connectivity index is 2.04. The Hall–Kier alpha value is -1.29. The molecule has 1 atom stereocenters. The van der Waals surface area contributed by atoms with Gasteiger partial charge >= 0.3 is 0 Å². The van der Waals surface area contributed by atoms with E-state index in [2.05, 4.69) is 31.1 Å². The SMILES string of the molecule is COc1ccc2nc(NC(C)CCC(C)C)sc2c1. The number of fused-ring (bicyclic) bond motifs is 1. The maximum Gasteiger partial charge on any atom is 0.184 e. The topological polar surface area (TPSA) is 34.1 Å². The molecule has 0 aliphatic rings. The molecule has 0 saturated carbocycles. The van der Waals surface area contributed by atoms with Crippen molar-refractivity contribution in [1.82, 2.24) is 4.98 Å². The molecule has 3 nitrogen and oxygen atoms in total. The van der Waals surface area contributed by atoms with Gasteiger partial charge in [-0.1, -0.05) is 25.2 Å². The summed E-state index contributed by atoms with van der Waals surface area (Å²) in [6.07, 6.45) is 2.42. The summed E-state index contributed by atoms with van der Waals surface area (Å²) in [5, 5.41) is 4.49. The van der Waals surface area contributed by atoms with E-state index in [-0.39, 0.29) is 0 Å². The molecular weight excluding hydrogens is 256 g/mol. The lowest BCUT2D eigenvalue weighted by molar-refractivity contribution is 0.415. The Bertz CT molecular complexity index is 536. The molecule has 0 amide bonds. The molecule has 2 rings (SSSR count). The number of aromatic nitrogens is 1. The Morgan fingerprint density at radius 1 is 1.26 bits per heavy atom. The minimum Gasteiger partial charge on any atom is -0.497 e. The van der Waals surface area contributed by atoms with Gasteiger partial charge in [-0.2, -0.15) is 0 Å². The summed E-state index contributed by atoms with van der Waals surface area (Å²) < 4.78 is 6.40. The largest absolute Gasteiger partial charge is 0.497 e. The zero-order valence-corrected chi connectivity index (χ0v) is 12.9. The van der Waals surface area contributed by atoms with Crippen LogP contribution in [-0.2, 0) is 0 Å². The number of anilines is 1. The molecule has 19 heavy (non-hydrogen) atoms. The van der Waals surface area contributed by atoms with E-state index in [9.17, 15) is 0 Å². The van der Waals surface area contributed by atoms with E-state index in [1.165, 1.54) is 12.8 Å². The van der Waals surface area contributed by atoms with E-state index in [0.717, 1.165) is 27.0 Å². The highest BCUT2D eigenvalue weighted by Gasteiger charge is 2.08. The van der Waals surface area contributed by atoms with Crippen LogP contribution in [0.3, 0.4) is 0 Å². The predicted molar refractivity (Wildman–Crippen MR) is 83.3 cm³/mol. The third-order valence-electron chi connectivity index (χ3n) is 3.14. The number of hydrogen-bond acceptors (Lipinski definition) is 4. The minimum absolute atomic E-state index is 0.463. The number of ether oxygens (including phenoxy) is 1. The molecule has 0 aliphatic carbocycles. The summed E-state index contributed by atoms with van der Waals surface area (Å²) >= 11 is 1.69. The summed E-state index contributed by atoms with van der Waals surface area (Å²) in [4.78, 5) is 4.61. The predicted octanol–water partition coefficient (Wildman–Crippen LogP) is 4.54. The van der Waals surface area contributed by atoms with Gasteiger partial charge in [0.15, 0.2) is 5.13 Å². The van der Waals surface area contributed by atoms with Gasteiger partial charge in [-0.15, -0.1) is 0 Å². The van der Waals surface area contributed by atoms with Gasteiger partial charge in [0.05, 0.1) is 17.3 Å². The third-order valence-corrected chi connectivity index (χ3v) is 4.09. The van der Waals surface area contributed by atoms with E-state index >= 15 is 0 Å². The summed E-state index contributed by atoms with van der Waals surface area (Å²) in [6.45, 7) is 6.74. The van der Waals surface area contributed by atoms with Crippen molar-refractivity contribution in [3.63, 3.8) is 0 Å². The van der Waals surface area contributed by atoms with Crippen molar-refractivity contribution in [3.05, 3.63) is 18.2 Å². The first-order chi connectivity index (χ1) is 9.08. The van der Waals surface area contributed by atoms with E-state index in [1.54, 1.807) is 18.4 Å². The molecule has 0 aliphatic heterocycles. The highest BCUT2D eigenvalue weighted by atomic mass is 32.1. The van der Waals surface area contributed by atoms with Crippen molar-refractivity contribution in [2.45, 2.75) is 39.7 Å². The molecule has 4 heteroatoms. The second-order valence-electron chi connectivity index (χ2n) is 5.37. The van der Waals surface area contributed by atoms with Crippen molar-refractivity contribution in [3.8, 4) is 5.75 Å². The van der Waals surface area contributed by atoms with Crippen LogP contribution in [-0.4, -0.2) is 18.1 Å². The zero-order chi connectivity index (χ0) is 13.8. The smallest absolute Gasteiger partial charge is 0.184 e. The molecule has 104 valence electrons. The van der Waals surface area contributed by atoms with Gasteiger partial charge in [0.1, 0.15) is 5.75 Å². The first kappa shape index (κ1) is 14.1. The van der Waals surface area contributed by atoms with Gasteiger partial charge in [-0.3, -0.25) is 0 Å².